The fourth-order valence-electron chi connectivity index (χ4n) is 6.41. The first-order chi connectivity index (χ1) is 19.5. The number of unbranched alkanes of at least 4 members (excludes halogenated alkanes) is 2. The van der Waals surface area contributed by atoms with Crippen LogP contribution in [-0.2, 0) is 19.1 Å². The molecule has 226 valence electrons. The van der Waals surface area contributed by atoms with Gasteiger partial charge in [0.2, 0.25) is 11.8 Å². The lowest BCUT2D eigenvalue weighted by molar-refractivity contribution is -0.141. The minimum Gasteiger partial charge on any atom is -0.507 e. The van der Waals surface area contributed by atoms with E-state index in [1.165, 1.54) is 4.90 Å². The Labute approximate surface area is 242 Å². The van der Waals surface area contributed by atoms with Crippen LogP contribution in [0.25, 0.3) is 6.08 Å². The van der Waals surface area contributed by atoms with Crippen molar-refractivity contribution in [1.82, 2.24) is 4.90 Å². The van der Waals surface area contributed by atoms with E-state index < -0.39 is 29.8 Å². The molecule has 1 saturated heterocycles. The first-order valence-electron chi connectivity index (χ1n) is 14.6. The number of aliphatic hydroxyl groups is 2. The van der Waals surface area contributed by atoms with E-state index in [1.54, 1.807) is 7.11 Å². The molecule has 1 aliphatic heterocycles. The molecule has 9 heteroatoms. The van der Waals surface area contributed by atoms with Crippen molar-refractivity contribution in [1.29, 1.82) is 0 Å². The van der Waals surface area contributed by atoms with E-state index in [4.69, 9.17) is 9.84 Å². The molecule has 3 rings (SSSR count). The van der Waals surface area contributed by atoms with Gasteiger partial charge in [-0.25, -0.2) is 0 Å². The molecule has 0 unspecified atom stereocenters. The Morgan fingerprint density at radius 1 is 1.12 bits per heavy atom. The van der Waals surface area contributed by atoms with Gasteiger partial charge < -0.3 is 25.2 Å². The van der Waals surface area contributed by atoms with Crippen LogP contribution in [-0.4, -0.2) is 76.1 Å². The molecule has 1 aromatic rings. The van der Waals surface area contributed by atoms with Crippen LogP contribution in [0.1, 0.15) is 75.0 Å². The number of aliphatic hydroxyl groups excluding tert-OH is 2. The molecule has 1 fully saturated rings. The fraction of sp³-hybridized carbons (Fsp3) is 0.594. The van der Waals surface area contributed by atoms with Crippen molar-refractivity contribution in [3.05, 3.63) is 45.5 Å². The van der Waals surface area contributed by atoms with Crippen LogP contribution >= 0.6 is 0 Å². The van der Waals surface area contributed by atoms with Gasteiger partial charge in [0.1, 0.15) is 5.75 Å². The van der Waals surface area contributed by atoms with Crippen molar-refractivity contribution >= 4 is 23.9 Å². The SMILES string of the molecule is CC/C(=C\c1cc(C)c(O)c(C)c1)CC[C@@H](O)C1=C(COC)C[C@H]2C(=O)N(CCCCCC(=O)O)C(=O)[C@H]2[C@H]1CO. The molecule has 1 aliphatic carbocycles. The second-order valence-corrected chi connectivity index (χ2v) is 11.4. The van der Waals surface area contributed by atoms with Crippen LogP contribution in [0.5, 0.6) is 5.75 Å². The summed E-state index contributed by atoms with van der Waals surface area (Å²) in [4.78, 5) is 38.8. The number of hydrogen-bond donors (Lipinski definition) is 4. The smallest absolute Gasteiger partial charge is 0.303 e. The van der Waals surface area contributed by atoms with Crippen molar-refractivity contribution in [2.75, 3.05) is 26.9 Å². The van der Waals surface area contributed by atoms with Gasteiger partial charge >= 0.3 is 5.97 Å². The van der Waals surface area contributed by atoms with Crippen LogP contribution in [0.3, 0.4) is 0 Å². The Kier molecular flexibility index (Phi) is 11.7. The zero-order chi connectivity index (χ0) is 30.3. The molecule has 1 aromatic carbocycles. The third-order valence-electron chi connectivity index (χ3n) is 8.50. The maximum Gasteiger partial charge on any atom is 0.303 e. The number of methoxy groups -OCH3 is 1. The average molecular weight is 572 g/mol. The van der Waals surface area contributed by atoms with Gasteiger partial charge in [-0.3, -0.25) is 19.3 Å². The summed E-state index contributed by atoms with van der Waals surface area (Å²) in [5.41, 5.74) is 5.07. The topological polar surface area (TPSA) is 145 Å². The Morgan fingerprint density at radius 3 is 2.39 bits per heavy atom. The fourth-order valence-corrected chi connectivity index (χ4v) is 6.41. The van der Waals surface area contributed by atoms with Crippen molar-refractivity contribution in [2.45, 2.75) is 78.2 Å². The number of benzene rings is 1. The van der Waals surface area contributed by atoms with Crippen molar-refractivity contribution in [3.8, 4) is 5.75 Å². The predicted molar refractivity (Wildman–Crippen MR) is 155 cm³/mol. The van der Waals surface area contributed by atoms with E-state index in [2.05, 4.69) is 13.0 Å². The largest absolute Gasteiger partial charge is 0.507 e. The summed E-state index contributed by atoms with van der Waals surface area (Å²) in [6.45, 7) is 5.83. The summed E-state index contributed by atoms with van der Waals surface area (Å²) < 4.78 is 5.42. The highest BCUT2D eigenvalue weighted by molar-refractivity contribution is 6.05. The number of allylic oxidation sites excluding steroid dienone is 1. The highest BCUT2D eigenvalue weighted by atomic mass is 16.5. The van der Waals surface area contributed by atoms with Gasteiger partial charge in [0.05, 0.1) is 31.2 Å². The third-order valence-corrected chi connectivity index (χ3v) is 8.50. The minimum atomic E-state index is -0.913. The first-order valence-corrected chi connectivity index (χ1v) is 14.6. The maximum absolute atomic E-state index is 13.5. The Bertz CT molecular complexity index is 1160. The van der Waals surface area contributed by atoms with E-state index in [0.717, 1.165) is 34.3 Å². The quantitative estimate of drug-likeness (QED) is 0.140. The summed E-state index contributed by atoms with van der Waals surface area (Å²) in [6, 6.07) is 3.86. The lowest BCUT2D eigenvalue weighted by atomic mass is 9.68. The summed E-state index contributed by atoms with van der Waals surface area (Å²) in [7, 11) is 1.54. The number of carboxylic acids is 1. The van der Waals surface area contributed by atoms with Crippen molar-refractivity contribution < 1.29 is 39.5 Å². The molecule has 2 aliphatic rings. The lowest BCUT2D eigenvalue weighted by Crippen LogP contribution is -2.39. The van der Waals surface area contributed by atoms with Crippen LogP contribution in [0.4, 0.5) is 0 Å². The number of phenolic OH excluding ortho intramolecular Hbond substituents is 1. The molecular weight excluding hydrogens is 526 g/mol. The molecule has 1 heterocycles. The van der Waals surface area contributed by atoms with Crippen LogP contribution in [0.15, 0.2) is 28.9 Å². The van der Waals surface area contributed by atoms with E-state index in [1.807, 2.05) is 26.0 Å². The number of nitrogens with zero attached hydrogens (tertiary/aromatic N) is 1. The number of ether oxygens (including phenoxy) is 1. The van der Waals surface area contributed by atoms with Crippen molar-refractivity contribution in [3.63, 3.8) is 0 Å². The maximum atomic E-state index is 13.5. The molecule has 0 radical (unpaired) electrons. The molecule has 0 bridgehead atoms. The summed E-state index contributed by atoms with van der Waals surface area (Å²) in [5, 5.41) is 40.9. The monoisotopic (exact) mass is 571 g/mol. The van der Waals surface area contributed by atoms with Crippen molar-refractivity contribution in [2.24, 2.45) is 17.8 Å². The standard InChI is InChI=1S/C32H45NO8/c1-5-21(15-22-13-19(2)30(38)20(3)14-22)10-11-26(35)28-23(18-41-4)16-24-29(25(28)17-34)32(40)33(31(24)39)12-8-6-7-9-27(36)37/h13-15,24-26,29,34-35,38H,5-12,16-18H2,1-4H3,(H,36,37)/b21-15+/t24-,25+,26-,29-/m1/s1. The van der Waals surface area contributed by atoms with E-state index in [9.17, 15) is 29.7 Å². The Morgan fingerprint density at radius 2 is 1.80 bits per heavy atom. The second kappa shape index (κ2) is 14.8. The highest BCUT2D eigenvalue weighted by Gasteiger charge is 2.54. The second-order valence-electron chi connectivity index (χ2n) is 11.4. The molecule has 0 spiro atoms. The van der Waals surface area contributed by atoms with Gasteiger partial charge in [0, 0.05) is 26.0 Å². The van der Waals surface area contributed by atoms with Gasteiger partial charge in [-0.2, -0.15) is 0 Å². The molecule has 0 saturated carbocycles. The summed E-state index contributed by atoms with van der Waals surface area (Å²) in [5.74, 6) is -3.20. The van der Waals surface area contributed by atoms with Gasteiger partial charge in [-0.1, -0.05) is 25.0 Å². The number of carbonyl (C=O) groups is 3. The Hall–Kier alpha value is -3.01. The summed E-state index contributed by atoms with van der Waals surface area (Å²) in [6.07, 6.45) is 4.87. The Balaban J connectivity index is 1.77. The molecule has 2 amide bonds. The number of likely N-dealkylation sites (tertiary alicyclic amines) is 1. The molecule has 4 atom stereocenters. The number of carbonyl (C=O) groups excluding carboxylic acids is 2. The van der Waals surface area contributed by atoms with E-state index in [-0.39, 0.29) is 43.7 Å². The normalized spacial score (nSPS) is 22.0. The predicted octanol–water partition coefficient (Wildman–Crippen LogP) is 4.14. The number of carboxylic acid groups (broad SMARTS) is 1. The number of hydrogen-bond acceptors (Lipinski definition) is 7. The molecule has 9 nitrogen and oxygen atoms in total. The van der Waals surface area contributed by atoms with Gasteiger partial charge in [0.25, 0.3) is 0 Å². The van der Waals surface area contributed by atoms with E-state index in [0.29, 0.717) is 44.1 Å². The lowest BCUT2D eigenvalue weighted by Gasteiger charge is -2.36. The number of phenols is 1. The first kappa shape index (κ1) is 32.5. The van der Waals surface area contributed by atoms with E-state index >= 15 is 0 Å². The molecule has 0 aromatic heterocycles. The van der Waals surface area contributed by atoms with Crippen LogP contribution in [0.2, 0.25) is 0 Å². The summed E-state index contributed by atoms with van der Waals surface area (Å²) >= 11 is 0. The number of imide groups is 1. The van der Waals surface area contributed by atoms with Gasteiger partial charge in [-0.05, 0) is 92.3 Å². The molecule has 4 N–H and O–H groups in total. The molecular formula is C32H45NO8. The van der Waals surface area contributed by atoms with Gasteiger partial charge in [0.15, 0.2) is 0 Å². The number of aliphatic carboxylic acids is 1. The number of aromatic hydroxyl groups is 1. The zero-order valence-electron chi connectivity index (χ0n) is 24.7. The number of fused-ring (bicyclic) bond motifs is 1. The third kappa shape index (κ3) is 7.64. The number of rotatable bonds is 15. The number of aryl methyl sites for hydroxylation is 2. The highest BCUT2D eigenvalue weighted by Crippen LogP contribution is 2.46. The van der Waals surface area contributed by atoms with Crippen LogP contribution in [0, 0.1) is 31.6 Å². The molecule has 41 heavy (non-hydrogen) atoms. The van der Waals surface area contributed by atoms with Gasteiger partial charge in [-0.15, -0.1) is 0 Å². The average Bonchev–Trinajstić information content (AvgIpc) is 3.17. The zero-order valence-corrected chi connectivity index (χ0v) is 24.7. The van der Waals surface area contributed by atoms with Crippen LogP contribution < -0.4 is 0 Å². The minimum absolute atomic E-state index is 0.0500. The number of amides is 2.